The molecule has 0 saturated heterocycles. The van der Waals surface area contributed by atoms with Crippen molar-refractivity contribution in [3.8, 4) is 0 Å². The Morgan fingerprint density at radius 1 is 1.29 bits per heavy atom. The zero-order valence-electron chi connectivity index (χ0n) is 9.16. The van der Waals surface area contributed by atoms with Crippen molar-refractivity contribution in [1.29, 1.82) is 0 Å². The van der Waals surface area contributed by atoms with Crippen LogP contribution in [0.15, 0.2) is 0 Å². The van der Waals surface area contributed by atoms with E-state index in [2.05, 4.69) is 20.8 Å². The van der Waals surface area contributed by atoms with Gasteiger partial charge in [-0.15, -0.1) is 17.0 Å². The Morgan fingerprint density at radius 2 is 1.86 bits per heavy atom. The molecule has 85 valence electrons. The molecule has 2 N–H and O–H groups in total. The molecule has 0 saturated carbocycles. The second-order valence-electron chi connectivity index (χ2n) is 3.54. The normalized spacial score (nSPS) is 16.9. The van der Waals surface area contributed by atoms with Crippen molar-refractivity contribution >= 4 is 51.7 Å². The third kappa shape index (κ3) is 11.6. The molecule has 5 heteroatoms. The number of hydrogen-bond acceptors (Lipinski definition) is 3. The van der Waals surface area contributed by atoms with Gasteiger partial charge in [0.25, 0.3) is 0 Å². The SMILES string of the molecule is Br.CC(N)CCCC(C)SC(C)[O][Sn]. The first kappa shape index (κ1) is 17.9. The number of rotatable bonds is 7. The van der Waals surface area contributed by atoms with Crippen molar-refractivity contribution in [3.05, 3.63) is 0 Å². The molecule has 0 heterocycles. The van der Waals surface area contributed by atoms with Gasteiger partial charge in [-0.05, 0) is 0 Å². The average Bonchev–Trinajstić information content (AvgIpc) is 2.03. The maximum atomic E-state index is 5.68. The maximum absolute atomic E-state index is 5.68. The summed E-state index contributed by atoms with van der Waals surface area (Å²) in [4.78, 5) is 0. The molecule has 0 bridgehead atoms. The van der Waals surface area contributed by atoms with Crippen molar-refractivity contribution in [1.82, 2.24) is 0 Å². The molecule has 0 aliphatic rings. The molecule has 3 atom stereocenters. The summed E-state index contributed by atoms with van der Waals surface area (Å²) in [6, 6.07) is 0.349. The Kier molecular flexibility index (Phi) is 14.1. The van der Waals surface area contributed by atoms with Crippen LogP contribution in [0.25, 0.3) is 0 Å². The van der Waals surface area contributed by atoms with Crippen LogP contribution in [0.1, 0.15) is 40.0 Å². The standard InChI is InChI=1S/C9H20NOS.BrH.Sn/c1-7(10)5-4-6-8(2)12-9(3)11;;/h7-9H,4-6,10H2,1-3H3;1H;/q-1;;+1. The summed E-state index contributed by atoms with van der Waals surface area (Å²) < 4.78 is 5.28. The van der Waals surface area contributed by atoms with E-state index in [0.29, 0.717) is 16.7 Å². The third-order valence-electron chi connectivity index (χ3n) is 1.86. The minimum absolute atomic E-state index is 0. The van der Waals surface area contributed by atoms with Crippen LogP contribution in [-0.2, 0) is 3.07 Å². The molecule has 0 amide bonds. The van der Waals surface area contributed by atoms with Crippen molar-refractivity contribution < 1.29 is 3.07 Å². The second-order valence-corrected chi connectivity index (χ2v) is 5.95. The van der Waals surface area contributed by atoms with Crippen LogP contribution in [0.4, 0.5) is 0 Å². The van der Waals surface area contributed by atoms with Crippen molar-refractivity contribution in [2.24, 2.45) is 5.73 Å². The number of halogens is 1. The Bertz CT molecular complexity index is 129. The zero-order chi connectivity index (χ0) is 10.3. The van der Waals surface area contributed by atoms with E-state index in [1.54, 1.807) is 0 Å². The fraction of sp³-hybridized carbons (Fsp3) is 1.00. The van der Waals surface area contributed by atoms with Crippen molar-refractivity contribution in [3.63, 3.8) is 0 Å². The number of hydrogen-bond donors (Lipinski definition) is 1. The molecular weight excluding hydrogens is 369 g/mol. The predicted molar refractivity (Wildman–Crippen MR) is 71.2 cm³/mol. The molecule has 0 aromatic heterocycles. The first-order chi connectivity index (χ1) is 6.06. The van der Waals surface area contributed by atoms with E-state index in [4.69, 9.17) is 8.81 Å². The van der Waals surface area contributed by atoms with Crippen LogP contribution < -0.4 is 5.73 Å². The first-order valence-corrected chi connectivity index (χ1v) is 6.90. The van der Waals surface area contributed by atoms with E-state index in [0.717, 1.165) is 29.4 Å². The van der Waals surface area contributed by atoms with Crippen molar-refractivity contribution in [2.75, 3.05) is 0 Å². The quantitative estimate of drug-likeness (QED) is 0.537. The summed E-state index contributed by atoms with van der Waals surface area (Å²) >= 11 is 3.07. The Hall–Kier alpha value is 1.55. The summed E-state index contributed by atoms with van der Waals surface area (Å²) in [6.07, 6.45) is 3.61. The number of thioether (sulfide) groups is 1. The molecule has 14 heavy (non-hydrogen) atoms. The molecule has 0 aromatic carbocycles. The van der Waals surface area contributed by atoms with E-state index >= 15 is 0 Å². The van der Waals surface area contributed by atoms with Gasteiger partial charge in [-0.1, -0.05) is 0 Å². The summed E-state index contributed by atoms with van der Waals surface area (Å²) in [5.74, 6) is 0. The fourth-order valence-electron chi connectivity index (χ4n) is 1.15. The van der Waals surface area contributed by atoms with E-state index < -0.39 is 0 Å². The van der Waals surface area contributed by atoms with Gasteiger partial charge in [0.2, 0.25) is 0 Å². The van der Waals surface area contributed by atoms with Crippen LogP contribution in [-0.4, -0.2) is 39.7 Å². The van der Waals surface area contributed by atoms with Crippen LogP contribution in [0.3, 0.4) is 0 Å². The summed E-state index contributed by atoms with van der Waals surface area (Å²) in [5.41, 5.74) is 6.03. The zero-order valence-corrected chi connectivity index (χ0v) is 14.5. The number of nitrogens with two attached hydrogens (primary N) is 1. The fourth-order valence-corrected chi connectivity index (χ4v) is 2.64. The van der Waals surface area contributed by atoms with Gasteiger partial charge in [0.15, 0.2) is 0 Å². The monoisotopic (exact) mass is 390 g/mol. The molecule has 0 aliphatic carbocycles. The topological polar surface area (TPSA) is 35.2 Å². The summed E-state index contributed by atoms with van der Waals surface area (Å²) in [7, 11) is 0. The van der Waals surface area contributed by atoms with Crippen LogP contribution in [0.5, 0.6) is 0 Å². The minimum atomic E-state index is 0. The molecule has 0 fully saturated rings. The van der Waals surface area contributed by atoms with E-state index in [-0.39, 0.29) is 17.0 Å². The molecule has 3 unspecified atom stereocenters. The molecule has 0 aromatic rings. The van der Waals surface area contributed by atoms with Crippen molar-refractivity contribution in [2.45, 2.75) is 56.8 Å². The predicted octanol–water partition coefficient (Wildman–Crippen LogP) is 2.65. The summed E-state index contributed by atoms with van der Waals surface area (Å²) in [6.45, 7) is 6.44. The third-order valence-corrected chi connectivity index (χ3v) is 4.54. The van der Waals surface area contributed by atoms with Crippen LogP contribution in [0, 0.1) is 0 Å². The molecule has 2 nitrogen and oxygen atoms in total. The van der Waals surface area contributed by atoms with Gasteiger partial charge < -0.3 is 0 Å². The van der Waals surface area contributed by atoms with Gasteiger partial charge in [0, 0.05) is 0 Å². The van der Waals surface area contributed by atoms with E-state index in [9.17, 15) is 0 Å². The van der Waals surface area contributed by atoms with Crippen LogP contribution >= 0.6 is 28.7 Å². The molecule has 3 radical (unpaired) electrons. The molecule has 0 aliphatic heterocycles. The van der Waals surface area contributed by atoms with Gasteiger partial charge in [-0.25, -0.2) is 0 Å². The summed E-state index contributed by atoms with van der Waals surface area (Å²) in [5, 5.41) is 0.689. The van der Waals surface area contributed by atoms with Crippen LogP contribution in [0.2, 0.25) is 0 Å². The average molecular weight is 390 g/mol. The Labute approximate surface area is 117 Å². The van der Waals surface area contributed by atoms with Gasteiger partial charge in [0.05, 0.1) is 0 Å². The van der Waals surface area contributed by atoms with E-state index in [1.165, 1.54) is 12.8 Å². The Balaban J connectivity index is 0. The van der Waals surface area contributed by atoms with Gasteiger partial charge in [-0.2, -0.15) is 0 Å². The van der Waals surface area contributed by atoms with Gasteiger partial charge in [0.1, 0.15) is 0 Å². The molecule has 0 spiro atoms. The van der Waals surface area contributed by atoms with E-state index in [1.807, 2.05) is 11.8 Å². The first-order valence-electron chi connectivity index (χ1n) is 4.79. The van der Waals surface area contributed by atoms with Gasteiger partial charge >= 0.3 is 100 Å². The van der Waals surface area contributed by atoms with Gasteiger partial charge in [-0.3, -0.25) is 0 Å². The second kappa shape index (κ2) is 11.0. The molecule has 0 rings (SSSR count). The Morgan fingerprint density at radius 3 is 2.29 bits per heavy atom. The molecular formula is C9H21BrNOSSn.